The van der Waals surface area contributed by atoms with Crippen LogP contribution in [0.1, 0.15) is 37.4 Å². The molecule has 0 aliphatic carbocycles. The van der Waals surface area contributed by atoms with Crippen LogP contribution in [0.25, 0.3) is 6.08 Å². The normalized spacial score (nSPS) is 10.7. The summed E-state index contributed by atoms with van der Waals surface area (Å²) in [6.07, 6.45) is 2.58. The van der Waals surface area contributed by atoms with Gasteiger partial charge in [0, 0.05) is 17.0 Å². The summed E-state index contributed by atoms with van der Waals surface area (Å²) in [4.78, 5) is 46.6. The van der Waals surface area contributed by atoms with Gasteiger partial charge in [0.2, 0.25) is 5.91 Å². The molecular weight excluding hydrogens is 394 g/mol. The fraction of sp³-hybridized carbons (Fsp3) is 0.188. The maximum atomic E-state index is 12.2. The molecule has 11 heteroatoms. The Morgan fingerprint density at radius 2 is 2.04 bits per heavy atom. The largest absolute Gasteiger partial charge is 0.462 e. The van der Waals surface area contributed by atoms with Crippen LogP contribution < -0.4 is 11.1 Å². The lowest BCUT2D eigenvalue weighted by atomic mass is 10.1. The maximum absolute atomic E-state index is 12.2. The zero-order chi connectivity index (χ0) is 20.1. The number of nitrogens with one attached hydrogen (secondary N) is 1. The van der Waals surface area contributed by atoms with E-state index in [4.69, 9.17) is 10.5 Å². The molecule has 2 heterocycles. The van der Waals surface area contributed by atoms with Gasteiger partial charge >= 0.3 is 11.0 Å². The van der Waals surface area contributed by atoms with Gasteiger partial charge in [-0.15, -0.1) is 11.3 Å². The minimum absolute atomic E-state index is 0.0420. The van der Waals surface area contributed by atoms with Crippen LogP contribution >= 0.6 is 22.7 Å². The molecule has 142 valence electrons. The Balaban J connectivity index is 2.24. The lowest BCUT2D eigenvalue weighted by Gasteiger charge is -2.05. The topological polar surface area (TPSA) is 142 Å². The van der Waals surface area contributed by atoms with Gasteiger partial charge in [-0.2, -0.15) is 0 Å². The van der Waals surface area contributed by atoms with E-state index in [0.717, 1.165) is 22.7 Å². The number of nitro groups is 1. The van der Waals surface area contributed by atoms with Crippen LogP contribution in [0.3, 0.4) is 0 Å². The molecule has 0 saturated carbocycles. The Hall–Kier alpha value is -3.05. The highest BCUT2D eigenvalue weighted by Gasteiger charge is 2.25. The number of amides is 2. The lowest BCUT2D eigenvalue weighted by Crippen LogP contribution is -2.13. The standard InChI is InChI=1S/C16H15N3O6S2/c1-3-25-16(22)12-8(2)13(14(17)21)27-15(12)18-10(20)6-4-9-5-7-11(26-9)19(23)24/h4-7H,3H2,1-2H3,(H2,17,21)(H,18,20)/b6-4+. The summed E-state index contributed by atoms with van der Waals surface area (Å²) < 4.78 is 4.96. The number of rotatable bonds is 7. The van der Waals surface area contributed by atoms with E-state index in [1.165, 1.54) is 24.3 Å². The molecule has 0 bridgehead atoms. The van der Waals surface area contributed by atoms with Crippen LogP contribution in [0.15, 0.2) is 18.2 Å². The number of primary amides is 1. The Morgan fingerprint density at radius 1 is 1.33 bits per heavy atom. The van der Waals surface area contributed by atoms with Gasteiger partial charge in [-0.1, -0.05) is 11.3 Å². The summed E-state index contributed by atoms with van der Waals surface area (Å²) in [5.41, 5.74) is 5.71. The van der Waals surface area contributed by atoms with E-state index in [-0.39, 0.29) is 27.0 Å². The van der Waals surface area contributed by atoms with Gasteiger partial charge in [0.05, 0.1) is 22.0 Å². The molecule has 2 aromatic rings. The molecule has 3 N–H and O–H groups in total. The highest BCUT2D eigenvalue weighted by Crippen LogP contribution is 2.33. The third kappa shape index (κ3) is 4.77. The van der Waals surface area contributed by atoms with Gasteiger partial charge in [0.25, 0.3) is 5.91 Å². The van der Waals surface area contributed by atoms with Crippen LogP contribution in [-0.4, -0.2) is 29.3 Å². The third-order valence-electron chi connectivity index (χ3n) is 3.28. The predicted octanol–water partition coefficient (Wildman–Crippen LogP) is 2.95. The number of carbonyl (C=O) groups excluding carboxylic acids is 3. The van der Waals surface area contributed by atoms with Crippen molar-refractivity contribution in [2.75, 3.05) is 11.9 Å². The molecular formula is C16H15N3O6S2. The van der Waals surface area contributed by atoms with Crippen molar-refractivity contribution in [3.63, 3.8) is 0 Å². The first-order valence-electron chi connectivity index (χ1n) is 7.58. The molecule has 0 aliphatic heterocycles. The second-order valence-electron chi connectivity index (χ2n) is 5.10. The van der Waals surface area contributed by atoms with Crippen molar-refractivity contribution in [3.05, 3.63) is 49.2 Å². The third-order valence-corrected chi connectivity index (χ3v) is 5.50. The summed E-state index contributed by atoms with van der Waals surface area (Å²) >= 11 is 1.79. The molecule has 0 aromatic carbocycles. The van der Waals surface area contributed by atoms with Gasteiger partial charge < -0.3 is 15.8 Å². The van der Waals surface area contributed by atoms with Crippen LogP contribution in [0.2, 0.25) is 0 Å². The molecule has 0 saturated heterocycles. The van der Waals surface area contributed by atoms with Crippen molar-refractivity contribution in [2.45, 2.75) is 13.8 Å². The SMILES string of the molecule is CCOC(=O)c1c(NC(=O)/C=C/c2ccc([N+](=O)[O-])s2)sc(C(N)=O)c1C. The molecule has 0 aliphatic rings. The van der Waals surface area contributed by atoms with Gasteiger partial charge in [-0.25, -0.2) is 4.79 Å². The molecule has 27 heavy (non-hydrogen) atoms. The van der Waals surface area contributed by atoms with Gasteiger partial charge in [-0.05, 0) is 31.6 Å². The first kappa shape index (κ1) is 20.3. The number of thiophene rings is 2. The Kier molecular flexibility index (Phi) is 6.42. The molecule has 9 nitrogen and oxygen atoms in total. The molecule has 0 fully saturated rings. The summed E-state index contributed by atoms with van der Waals surface area (Å²) in [6, 6.07) is 2.85. The molecule has 2 amide bonds. The number of nitrogens with zero attached hydrogens (tertiary/aromatic N) is 1. The number of carbonyl (C=O) groups is 3. The lowest BCUT2D eigenvalue weighted by molar-refractivity contribution is -0.380. The maximum Gasteiger partial charge on any atom is 0.341 e. The van der Waals surface area contributed by atoms with Gasteiger partial charge in [-0.3, -0.25) is 19.7 Å². The van der Waals surface area contributed by atoms with E-state index >= 15 is 0 Å². The van der Waals surface area contributed by atoms with Crippen molar-refractivity contribution >= 4 is 56.5 Å². The highest BCUT2D eigenvalue weighted by molar-refractivity contribution is 7.18. The minimum atomic E-state index is -0.718. The van der Waals surface area contributed by atoms with Crippen LogP contribution in [-0.2, 0) is 9.53 Å². The molecule has 0 unspecified atom stereocenters. The van der Waals surface area contributed by atoms with Crippen molar-refractivity contribution in [1.82, 2.24) is 0 Å². The molecule has 2 rings (SSSR count). The molecule has 2 aromatic heterocycles. The van der Waals surface area contributed by atoms with Gasteiger partial charge in [0.1, 0.15) is 5.00 Å². The molecule has 0 radical (unpaired) electrons. The van der Waals surface area contributed by atoms with E-state index in [9.17, 15) is 24.5 Å². The predicted molar refractivity (Wildman–Crippen MR) is 102 cm³/mol. The van der Waals surface area contributed by atoms with Crippen LogP contribution in [0.5, 0.6) is 0 Å². The summed E-state index contributed by atoms with van der Waals surface area (Å²) in [5.74, 6) is -1.97. The number of hydrogen-bond donors (Lipinski definition) is 2. The Bertz CT molecular complexity index is 944. The smallest absolute Gasteiger partial charge is 0.341 e. The Labute approximate surface area is 161 Å². The van der Waals surface area contributed by atoms with E-state index in [1.807, 2.05) is 0 Å². The average Bonchev–Trinajstić information content (AvgIpc) is 3.18. The van der Waals surface area contributed by atoms with Crippen molar-refractivity contribution < 1.29 is 24.0 Å². The van der Waals surface area contributed by atoms with E-state index in [0.29, 0.717) is 10.4 Å². The van der Waals surface area contributed by atoms with Crippen molar-refractivity contribution in [3.8, 4) is 0 Å². The Morgan fingerprint density at radius 3 is 2.59 bits per heavy atom. The number of nitrogens with two attached hydrogens (primary N) is 1. The monoisotopic (exact) mass is 409 g/mol. The summed E-state index contributed by atoms with van der Waals surface area (Å²) in [6.45, 7) is 3.30. The summed E-state index contributed by atoms with van der Waals surface area (Å²) in [7, 11) is 0. The molecule has 0 spiro atoms. The van der Waals surface area contributed by atoms with Crippen molar-refractivity contribution in [2.24, 2.45) is 5.73 Å². The molecule has 0 atom stereocenters. The van der Waals surface area contributed by atoms with Gasteiger partial charge in [0.15, 0.2) is 0 Å². The first-order valence-corrected chi connectivity index (χ1v) is 9.21. The highest BCUT2D eigenvalue weighted by atomic mass is 32.1. The van der Waals surface area contributed by atoms with Crippen LogP contribution in [0.4, 0.5) is 10.0 Å². The van der Waals surface area contributed by atoms with Crippen LogP contribution in [0, 0.1) is 17.0 Å². The number of hydrogen-bond acceptors (Lipinski definition) is 8. The number of esters is 1. The second kappa shape index (κ2) is 8.56. The van der Waals surface area contributed by atoms with Crippen molar-refractivity contribution in [1.29, 1.82) is 0 Å². The minimum Gasteiger partial charge on any atom is -0.462 e. The number of ether oxygens (including phenoxy) is 1. The van der Waals surface area contributed by atoms with E-state index in [1.54, 1.807) is 13.8 Å². The first-order chi connectivity index (χ1) is 12.7. The average molecular weight is 409 g/mol. The van der Waals surface area contributed by atoms with E-state index in [2.05, 4.69) is 5.32 Å². The zero-order valence-electron chi connectivity index (χ0n) is 14.3. The summed E-state index contributed by atoms with van der Waals surface area (Å²) in [5, 5.41) is 13.3. The quantitative estimate of drug-likeness (QED) is 0.312. The zero-order valence-corrected chi connectivity index (χ0v) is 15.9. The fourth-order valence-corrected chi connectivity index (χ4v) is 3.90. The fourth-order valence-electron chi connectivity index (χ4n) is 2.13. The van der Waals surface area contributed by atoms with E-state index < -0.39 is 22.7 Å². The second-order valence-corrected chi connectivity index (χ2v) is 7.22. The number of anilines is 1.